The fourth-order valence-corrected chi connectivity index (χ4v) is 2.79. The number of benzene rings is 1. The minimum atomic E-state index is -0.587. The molecule has 0 spiro atoms. The van der Waals surface area contributed by atoms with Crippen LogP contribution in [0.1, 0.15) is 19.4 Å². The van der Waals surface area contributed by atoms with Crippen molar-refractivity contribution in [1.82, 2.24) is 0 Å². The van der Waals surface area contributed by atoms with Gasteiger partial charge < -0.3 is 5.32 Å². The average Bonchev–Trinajstić information content (AvgIpc) is 2.08. The molecule has 0 saturated carbocycles. The van der Waals surface area contributed by atoms with Gasteiger partial charge in [-0.1, -0.05) is 15.9 Å². The molecule has 1 aromatic rings. The van der Waals surface area contributed by atoms with E-state index in [0.717, 1.165) is 20.2 Å². The maximum Gasteiger partial charge on any atom is 0.240 e. The number of alkyl halides is 1. The highest BCUT2D eigenvalue weighted by molar-refractivity contribution is 9.11. The molecule has 2 nitrogen and oxygen atoms in total. The number of nitrogens with one attached hydrogen (secondary N) is 1. The monoisotopic (exact) mass is 411 g/mol. The second kappa shape index (κ2) is 5.19. The Kier molecular flexibility index (Phi) is 4.60. The Morgan fingerprint density at radius 3 is 2.06 bits per heavy atom. The summed E-state index contributed by atoms with van der Waals surface area (Å²) in [4.78, 5) is 11.8. The molecule has 0 radical (unpaired) electrons. The zero-order valence-electron chi connectivity index (χ0n) is 9.20. The standard InChI is InChI=1S/C11H12Br3NO/c1-6-4-7(12)9(8(13)5-6)15-10(16)11(2,3)14/h4-5H,1-3H3,(H,15,16). The number of carbonyl (C=O) groups is 1. The molecule has 0 unspecified atom stereocenters. The molecule has 5 heteroatoms. The van der Waals surface area contributed by atoms with Crippen molar-refractivity contribution in [2.75, 3.05) is 5.32 Å². The van der Waals surface area contributed by atoms with Crippen LogP contribution in [0, 0.1) is 6.92 Å². The van der Waals surface area contributed by atoms with Crippen molar-refractivity contribution in [2.24, 2.45) is 0 Å². The summed E-state index contributed by atoms with van der Waals surface area (Å²) in [5.74, 6) is -0.0854. The Hall–Kier alpha value is 0.130. The van der Waals surface area contributed by atoms with Crippen LogP contribution in [-0.2, 0) is 4.79 Å². The number of anilines is 1. The molecule has 0 aromatic heterocycles. The molecule has 0 bridgehead atoms. The Morgan fingerprint density at radius 1 is 1.25 bits per heavy atom. The topological polar surface area (TPSA) is 29.1 Å². The highest BCUT2D eigenvalue weighted by Gasteiger charge is 2.24. The maximum atomic E-state index is 11.8. The number of halogens is 3. The quantitative estimate of drug-likeness (QED) is 0.703. The molecule has 0 aliphatic rings. The van der Waals surface area contributed by atoms with Crippen molar-refractivity contribution in [2.45, 2.75) is 25.1 Å². The third-order valence-electron chi connectivity index (χ3n) is 1.96. The number of carbonyl (C=O) groups excluding carboxylic acids is 1. The Bertz CT molecular complexity index is 401. The predicted molar refractivity (Wildman–Crippen MR) is 78.2 cm³/mol. The van der Waals surface area contributed by atoms with Crippen LogP contribution in [0.15, 0.2) is 21.1 Å². The predicted octanol–water partition coefficient (Wildman–Crippen LogP) is 4.63. The molecule has 16 heavy (non-hydrogen) atoms. The van der Waals surface area contributed by atoms with Crippen molar-refractivity contribution in [1.29, 1.82) is 0 Å². The Morgan fingerprint density at radius 2 is 1.69 bits per heavy atom. The number of hydrogen-bond acceptors (Lipinski definition) is 1. The molecule has 1 amide bonds. The zero-order chi connectivity index (χ0) is 12.5. The van der Waals surface area contributed by atoms with Crippen molar-refractivity contribution in [3.63, 3.8) is 0 Å². The number of aryl methyl sites for hydroxylation is 1. The van der Waals surface area contributed by atoms with Gasteiger partial charge >= 0.3 is 0 Å². The first kappa shape index (κ1) is 14.2. The number of hydrogen-bond donors (Lipinski definition) is 1. The van der Waals surface area contributed by atoms with Crippen LogP contribution >= 0.6 is 47.8 Å². The largest absolute Gasteiger partial charge is 0.323 e. The van der Waals surface area contributed by atoms with Crippen molar-refractivity contribution >= 4 is 59.4 Å². The third-order valence-corrected chi connectivity index (χ3v) is 3.58. The van der Waals surface area contributed by atoms with E-state index >= 15 is 0 Å². The highest BCUT2D eigenvalue weighted by Crippen LogP contribution is 2.33. The van der Waals surface area contributed by atoms with Crippen LogP contribution in [0.4, 0.5) is 5.69 Å². The average molecular weight is 414 g/mol. The first-order valence-electron chi connectivity index (χ1n) is 4.68. The van der Waals surface area contributed by atoms with Gasteiger partial charge in [0, 0.05) is 8.95 Å². The molecule has 0 fully saturated rings. The normalized spacial score (nSPS) is 11.4. The van der Waals surface area contributed by atoms with Gasteiger partial charge in [0.25, 0.3) is 0 Å². The number of amides is 1. The lowest BCUT2D eigenvalue weighted by atomic mass is 10.2. The van der Waals surface area contributed by atoms with Gasteiger partial charge in [-0.15, -0.1) is 0 Å². The lowest BCUT2D eigenvalue weighted by molar-refractivity contribution is -0.117. The van der Waals surface area contributed by atoms with Gasteiger partial charge in [0.05, 0.1) is 10.0 Å². The maximum absolute atomic E-state index is 11.8. The minimum absolute atomic E-state index is 0.0854. The van der Waals surface area contributed by atoms with Gasteiger partial charge in [0.2, 0.25) is 5.91 Å². The van der Waals surface area contributed by atoms with Crippen molar-refractivity contribution in [3.05, 3.63) is 26.6 Å². The molecule has 0 atom stereocenters. The Labute approximate surface area is 121 Å². The summed E-state index contributed by atoms with van der Waals surface area (Å²) in [6.45, 7) is 5.60. The smallest absolute Gasteiger partial charge is 0.240 e. The first-order valence-corrected chi connectivity index (χ1v) is 7.05. The zero-order valence-corrected chi connectivity index (χ0v) is 14.0. The fraction of sp³-hybridized carbons (Fsp3) is 0.364. The molecular weight excluding hydrogens is 402 g/mol. The molecule has 1 N–H and O–H groups in total. The second-order valence-electron chi connectivity index (χ2n) is 4.03. The van der Waals surface area contributed by atoms with Crippen LogP contribution < -0.4 is 5.32 Å². The molecule has 1 rings (SSSR count). The second-order valence-corrected chi connectivity index (χ2v) is 7.72. The van der Waals surface area contributed by atoms with Crippen molar-refractivity contribution in [3.8, 4) is 0 Å². The lowest BCUT2D eigenvalue weighted by Crippen LogP contribution is -2.31. The van der Waals surface area contributed by atoms with Crippen LogP contribution in [0.5, 0.6) is 0 Å². The summed E-state index contributed by atoms with van der Waals surface area (Å²) in [6.07, 6.45) is 0. The van der Waals surface area contributed by atoms with E-state index in [0.29, 0.717) is 0 Å². The molecule has 0 aliphatic carbocycles. The Balaban J connectivity index is 3.03. The summed E-state index contributed by atoms with van der Waals surface area (Å²) >= 11 is 10.2. The van der Waals surface area contributed by atoms with E-state index in [-0.39, 0.29) is 5.91 Å². The minimum Gasteiger partial charge on any atom is -0.323 e. The van der Waals surface area contributed by atoms with Crippen LogP contribution in [0.3, 0.4) is 0 Å². The molecular formula is C11H12Br3NO. The van der Waals surface area contributed by atoms with Crippen molar-refractivity contribution < 1.29 is 4.79 Å². The fourth-order valence-electron chi connectivity index (χ4n) is 1.08. The molecule has 0 saturated heterocycles. The van der Waals surface area contributed by atoms with Crippen LogP contribution in [0.2, 0.25) is 0 Å². The van der Waals surface area contributed by atoms with Gasteiger partial charge in [-0.25, -0.2) is 0 Å². The molecule has 1 aromatic carbocycles. The molecule has 0 heterocycles. The highest BCUT2D eigenvalue weighted by atomic mass is 79.9. The van der Waals surface area contributed by atoms with Gasteiger partial charge in [-0.2, -0.15) is 0 Å². The van der Waals surface area contributed by atoms with E-state index in [1.165, 1.54) is 0 Å². The summed E-state index contributed by atoms with van der Waals surface area (Å²) in [7, 11) is 0. The summed E-state index contributed by atoms with van der Waals surface area (Å²) in [5.41, 5.74) is 1.87. The molecule has 0 aliphatic heterocycles. The van der Waals surface area contributed by atoms with Gasteiger partial charge in [-0.05, 0) is 70.3 Å². The van der Waals surface area contributed by atoms with E-state index in [1.54, 1.807) is 13.8 Å². The summed E-state index contributed by atoms with van der Waals surface area (Å²) < 4.78 is 1.14. The van der Waals surface area contributed by atoms with Crippen LogP contribution in [-0.4, -0.2) is 10.2 Å². The van der Waals surface area contributed by atoms with E-state index in [1.807, 2.05) is 19.1 Å². The van der Waals surface area contributed by atoms with E-state index in [2.05, 4.69) is 53.1 Å². The van der Waals surface area contributed by atoms with Crippen LogP contribution in [0.25, 0.3) is 0 Å². The summed E-state index contributed by atoms with van der Waals surface area (Å²) in [5, 5.41) is 2.87. The SMILES string of the molecule is Cc1cc(Br)c(NC(=O)C(C)(C)Br)c(Br)c1. The lowest BCUT2D eigenvalue weighted by Gasteiger charge is -2.18. The summed E-state index contributed by atoms with van der Waals surface area (Å²) in [6, 6.07) is 3.92. The van der Waals surface area contributed by atoms with Gasteiger partial charge in [-0.3, -0.25) is 4.79 Å². The van der Waals surface area contributed by atoms with E-state index in [4.69, 9.17) is 0 Å². The first-order chi connectivity index (χ1) is 7.21. The molecule has 88 valence electrons. The van der Waals surface area contributed by atoms with E-state index < -0.39 is 4.32 Å². The third kappa shape index (κ3) is 3.57. The number of rotatable bonds is 2. The van der Waals surface area contributed by atoms with Gasteiger partial charge in [0.1, 0.15) is 0 Å². The van der Waals surface area contributed by atoms with Gasteiger partial charge in [0.15, 0.2) is 0 Å². The van der Waals surface area contributed by atoms with E-state index in [9.17, 15) is 4.79 Å².